The van der Waals surface area contributed by atoms with Crippen LogP contribution in [0.2, 0.25) is 0 Å². The van der Waals surface area contributed by atoms with Gasteiger partial charge < -0.3 is 14.8 Å². The van der Waals surface area contributed by atoms with E-state index in [1.165, 1.54) is 6.92 Å². The number of esters is 1. The first-order valence-corrected chi connectivity index (χ1v) is 9.56. The molecule has 1 aromatic rings. The summed E-state index contributed by atoms with van der Waals surface area (Å²) < 4.78 is 33.1. The molecule has 8 heteroatoms. The quantitative estimate of drug-likeness (QED) is 0.723. The van der Waals surface area contributed by atoms with Crippen LogP contribution in [0.3, 0.4) is 0 Å². The number of rotatable bonds is 7. The Morgan fingerprint density at radius 3 is 2.62 bits per heavy atom. The third-order valence-corrected chi connectivity index (χ3v) is 5.34. The van der Waals surface area contributed by atoms with Crippen LogP contribution in [0, 0.1) is 0 Å². The maximum atomic E-state index is 11.9. The van der Waals surface area contributed by atoms with Crippen LogP contribution in [-0.4, -0.2) is 50.6 Å². The second-order valence-corrected chi connectivity index (χ2v) is 7.88. The second-order valence-electron chi connectivity index (χ2n) is 5.65. The number of benzene rings is 1. The first kappa shape index (κ1) is 18.3. The summed E-state index contributed by atoms with van der Waals surface area (Å²) in [6.07, 6.45) is -0.568. The van der Waals surface area contributed by atoms with Crippen molar-refractivity contribution >= 4 is 21.7 Å². The van der Waals surface area contributed by atoms with Gasteiger partial charge >= 0.3 is 5.97 Å². The Balaban J connectivity index is 1.68. The monoisotopic (exact) mass is 355 g/mol. The van der Waals surface area contributed by atoms with Gasteiger partial charge in [-0.05, 0) is 25.5 Å². The van der Waals surface area contributed by atoms with Crippen molar-refractivity contribution in [3.63, 3.8) is 0 Å². The summed E-state index contributed by atoms with van der Waals surface area (Å²) in [5.41, 5.74) is 0. The largest absolute Gasteiger partial charge is 0.493 e. The van der Waals surface area contributed by atoms with E-state index < -0.39 is 33.9 Å². The van der Waals surface area contributed by atoms with Crippen LogP contribution in [0.25, 0.3) is 0 Å². The van der Waals surface area contributed by atoms with Crippen LogP contribution in [0.15, 0.2) is 30.3 Å². The van der Waals surface area contributed by atoms with E-state index in [1.54, 1.807) is 12.1 Å². The van der Waals surface area contributed by atoms with Crippen LogP contribution in [-0.2, 0) is 24.2 Å². The number of carbonyl (C=O) groups is 2. The third-order valence-electron chi connectivity index (χ3n) is 3.57. The molecule has 1 amide bonds. The lowest BCUT2D eigenvalue weighted by molar-refractivity contribution is -0.155. The molecule has 1 fully saturated rings. The summed E-state index contributed by atoms with van der Waals surface area (Å²) in [7, 11) is -3.07. The first-order chi connectivity index (χ1) is 11.4. The van der Waals surface area contributed by atoms with Crippen molar-refractivity contribution in [2.45, 2.75) is 31.9 Å². The topological polar surface area (TPSA) is 98.8 Å². The zero-order valence-corrected chi connectivity index (χ0v) is 14.3. The maximum absolute atomic E-state index is 11.9. The summed E-state index contributed by atoms with van der Waals surface area (Å²) in [5.74, 6) is -0.381. The van der Waals surface area contributed by atoms with Gasteiger partial charge in [0.15, 0.2) is 15.9 Å². The lowest BCUT2D eigenvalue weighted by Crippen LogP contribution is -2.42. The Morgan fingerprint density at radius 1 is 1.29 bits per heavy atom. The van der Waals surface area contributed by atoms with Crippen molar-refractivity contribution < 1.29 is 27.5 Å². The average molecular weight is 355 g/mol. The Hall–Kier alpha value is -2.09. The highest BCUT2D eigenvalue weighted by Crippen LogP contribution is 2.12. The summed E-state index contributed by atoms with van der Waals surface area (Å²) in [5, 5.41) is 2.59. The summed E-state index contributed by atoms with van der Waals surface area (Å²) in [6, 6.07) is 8.64. The normalized spacial score (nSPS) is 20.1. The number of sulfone groups is 1. The molecule has 1 aromatic carbocycles. The molecular weight excluding hydrogens is 334 g/mol. The number of ether oxygens (including phenoxy) is 2. The van der Waals surface area contributed by atoms with Gasteiger partial charge in [-0.1, -0.05) is 18.2 Å². The zero-order chi connectivity index (χ0) is 17.6. The highest BCUT2D eigenvalue weighted by molar-refractivity contribution is 7.91. The number of nitrogens with one attached hydrogen (secondary N) is 1. The molecule has 0 unspecified atom stereocenters. The first-order valence-electron chi connectivity index (χ1n) is 7.74. The lowest BCUT2D eigenvalue weighted by atomic mass is 10.2. The molecular formula is C16H21NO6S. The fourth-order valence-electron chi connectivity index (χ4n) is 2.31. The van der Waals surface area contributed by atoms with Gasteiger partial charge in [-0.25, -0.2) is 8.42 Å². The summed E-state index contributed by atoms with van der Waals surface area (Å²) in [6.45, 7) is 1.60. The Kier molecular flexibility index (Phi) is 6.19. The fraction of sp³-hybridized carbons (Fsp3) is 0.500. The molecule has 2 atom stereocenters. The minimum Gasteiger partial charge on any atom is -0.493 e. The molecule has 0 aromatic heterocycles. The van der Waals surface area contributed by atoms with E-state index >= 15 is 0 Å². The molecule has 0 bridgehead atoms. The number of carbonyl (C=O) groups excluding carboxylic acids is 2. The van der Waals surface area contributed by atoms with E-state index in [1.807, 2.05) is 18.2 Å². The smallest absolute Gasteiger partial charge is 0.310 e. The Labute approximate surface area is 141 Å². The Morgan fingerprint density at radius 2 is 2.00 bits per heavy atom. The lowest BCUT2D eigenvalue weighted by Gasteiger charge is -2.16. The van der Waals surface area contributed by atoms with Crippen molar-refractivity contribution in [2.24, 2.45) is 0 Å². The second kappa shape index (κ2) is 8.14. The van der Waals surface area contributed by atoms with E-state index in [-0.39, 0.29) is 24.5 Å². The predicted molar refractivity (Wildman–Crippen MR) is 87.3 cm³/mol. The summed E-state index contributed by atoms with van der Waals surface area (Å²) >= 11 is 0. The van der Waals surface area contributed by atoms with Crippen LogP contribution in [0.1, 0.15) is 19.8 Å². The number of amides is 1. The molecule has 1 N–H and O–H groups in total. The number of para-hydroxylation sites is 1. The molecule has 1 aliphatic heterocycles. The van der Waals surface area contributed by atoms with Crippen LogP contribution in [0.5, 0.6) is 5.75 Å². The summed E-state index contributed by atoms with van der Waals surface area (Å²) in [4.78, 5) is 23.6. The highest BCUT2D eigenvalue weighted by Gasteiger charge is 2.30. The molecule has 1 saturated heterocycles. The van der Waals surface area contributed by atoms with E-state index in [0.717, 1.165) is 0 Å². The minimum atomic E-state index is -3.07. The predicted octanol–water partition coefficient (Wildman–Crippen LogP) is 0.691. The molecule has 0 spiro atoms. The van der Waals surface area contributed by atoms with E-state index in [9.17, 15) is 18.0 Å². The van der Waals surface area contributed by atoms with Gasteiger partial charge in [0.2, 0.25) is 0 Å². The standard InChI is InChI=1S/C16H21NO6S/c1-12(16(19)17-13-8-10-24(20,21)11-13)23-15(18)7-9-22-14-5-3-2-4-6-14/h2-6,12-13H,7-11H2,1H3,(H,17,19)/t12-,13+/m1/s1. The van der Waals surface area contributed by atoms with Gasteiger partial charge in [0.1, 0.15) is 5.75 Å². The van der Waals surface area contributed by atoms with E-state index in [4.69, 9.17) is 9.47 Å². The molecule has 24 heavy (non-hydrogen) atoms. The molecule has 0 radical (unpaired) electrons. The van der Waals surface area contributed by atoms with E-state index in [2.05, 4.69) is 5.32 Å². The van der Waals surface area contributed by atoms with Gasteiger partial charge in [0.05, 0.1) is 24.5 Å². The molecule has 1 aliphatic rings. The van der Waals surface area contributed by atoms with Crippen LogP contribution >= 0.6 is 0 Å². The average Bonchev–Trinajstić information content (AvgIpc) is 2.87. The van der Waals surface area contributed by atoms with Gasteiger partial charge in [0, 0.05) is 6.04 Å². The minimum absolute atomic E-state index is 0.0182. The van der Waals surface area contributed by atoms with Gasteiger partial charge in [-0.3, -0.25) is 9.59 Å². The Bertz CT molecular complexity index is 673. The fourth-order valence-corrected chi connectivity index (χ4v) is 3.98. The van der Waals surface area contributed by atoms with Crippen LogP contribution in [0.4, 0.5) is 0 Å². The highest BCUT2D eigenvalue weighted by atomic mass is 32.2. The number of hydrogen-bond acceptors (Lipinski definition) is 6. The zero-order valence-electron chi connectivity index (χ0n) is 13.4. The third kappa shape index (κ3) is 5.84. The van der Waals surface area contributed by atoms with E-state index in [0.29, 0.717) is 12.2 Å². The SMILES string of the molecule is C[C@@H](OC(=O)CCOc1ccccc1)C(=O)N[C@H]1CCS(=O)(=O)C1. The molecule has 7 nitrogen and oxygen atoms in total. The van der Waals surface area contributed by atoms with Crippen molar-refractivity contribution in [1.82, 2.24) is 5.32 Å². The van der Waals surface area contributed by atoms with Gasteiger partial charge in [0.25, 0.3) is 5.91 Å². The molecule has 1 heterocycles. The van der Waals surface area contributed by atoms with Crippen molar-refractivity contribution in [3.05, 3.63) is 30.3 Å². The molecule has 0 aliphatic carbocycles. The molecule has 132 valence electrons. The van der Waals surface area contributed by atoms with Crippen molar-refractivity contribution in [2.75, 3.05) is 18.1 Å². The molecule has 0 saturated carbocycles. The van der Waals surface area contributed by atoms with Crippen molar-refractivity contribution in [1.29, 1.82) is 0 Å². The maximum Gasteiger partial charge on any atom is 0.310 e. The van der Waals surface area contributed by atoms with Gasteiger partial charge in [-0.2, -0.15) is 0 Å². The molecule has 2 rings (SSSR count). The van der Waals surface area contributed by atoms with Gasteiger partial charge in [-0.15, -0.1) is 0 Å². The number of hydrogen-bond donors (Lipinski definition) is 1. The van der Waals surface area contributed by atoms with Crippen LogP contribution < -0.4 is 10.1 Å². The van der Waals surface area contributed by atoms with Crippen molar-refractivity contribution in [3.8, 4) is 5.75 Å².